The summed E-state index contributed by atoms with van der Waals surface area (Å²) in [5, 5.41) is 8.47. The fraction of sp³-hybridized carbons (Fsp3) is 0.200. The SMILES string of the molecule is O=S(=O)(Nc1cccc(C#CCO)c1)C(F)F. The second-order valence-electron chi connectivity index (χ2n) is 2.95. The van der Waals surface area contributed by atoms with Gasteiger partial charge in [0.25, 0.3) is 10.0 Å². The second kappa shape index (κ2) is 5.61. The van der Waals surface area contributed by atoms with Gasteiger partial charge in [0.05, 0.1) is 0 Å². The molecule has 1 aromatic carbocycles. The van der Waals surface area contributed by atoms with Crippen LogP contribution in [0.1, 0.15) is 5.56 Å². The van der Waals surface area contributed by atoms with E-state index >= 15 is 0 Å². The maximum atomic E-state index is 12.1. The molecular formula is C10H9F2NO3S. The van der Waals surface area contributed by atoms with Crippen LogP contribution in [0.3, 0.4) is 0 Å². The van der Waals surface area contributed by atoms with E-state index in [0.717, 1.165) is 0 Å². The Balaban J connectivity index is 2.94. The molecule has 0 bridgehead atoms. The van der Waals surface area contributed by atoms with Gasteiger partial charge in [-0.2, -0.15) is 8.78 Å². The Kier molecular flexibility index (Phi) is 4.43. The average Bonchev–Trinajstić information content (AvgIpc) is 2.26. The van der Waals surface area contributed by atoms with E-state index in [1.54, 1.807) is 10.8 Å². The summed E-state index contributed by atoms with van der Waals surface area (Å²) in [4.78, 5) is 0. The van der Waals surface area contributed by atoms with Crippen LogP contribution in [-0.4, -0.2) is 25.9 Å². The number of aliphatic hydroxyl groups excluding tert-OH is 1. The van der Waals surface area contributed by atoms with E-state index < -0.39 is 15.8 Å². The molecule has 7 heteroatoms. The van der Waals surface area contributed by atoms with Crippen molar-refractivity contribution in [2.24, 2.45) is 0 Å². The quantitative estimate of drug-likeness (QED) is 0.797. The van der Waals surface area contributed by atoms with E-state index in [-0.39, 0.29) is 12.3 Å². The highest BCUT2D eigenvalue weighted by Crippen LogP contribution is 2.14. The minimum Gasteiger partial charge on any atom is -0.384 e. The van der Waals surface area contributed by atoms with Gasteiger partial charge in [0, 0.05) is 11.3 Å². The molecule has 0 spiro atoms. The predicted molar refractivity (Wildman–Crippen MR) is 59.0 cm³/mol. The van der Waals surface area contributed by atoms with Gasteiger partial charge in [-0.3, -0.25) is 4.72 Å². The Labute approximate surface area is 97.3 Å². The molecule has 0 radical (unpaired) electrons. The molecule has 4 nitrogen and oxygen atoms in total. The molecule has 1 aromatic rings. The summed E-state index contributed by atoms with van der Waals surface area (Å²) in [5.74, 6) is 1.39. The third-order valence-electron chi connectivity index (χ3n) is 1.67. The molecule has 0 saturated carbocycles. The summed E-state index contributed by atoms with van der Waals surface area (Å²) in [5.41, 5.74) is 0.406. The van der Waals surface area contributed by atoms with E-state index in [9.17, 15) is 17.2 Å². The zero-order valence-corrected chi connectivity index (χ0v) is 9.34. The van der Waals surface area contributed by atoms with Crippen LogP contribution >= 0.6 is 0 Å². The van der Waals surface area contributed by atoms with Crippen molar-refractivity contribution in [3.05, 3.63) is 29.8 Å². The number of hydrogen-bond acceptors (Lipinski definition) is 3. The Morgan fingerprint density at radius 2 is 2.12 bits per heavy atom. The van der Waals surface area contributed by atoms with Crippen molar-refractivity contribution in [3.8, 4) is 11.8 Å². The summed E-state index contributed by atoms with van der Waals surface area (Å²) in [6.45, 7) is -0.340. The van der Waals surface area contributed by atoms with Crippen molar-refractivity contribution >= 4 is 15.7 Å². The second-order valence-corrected chi connectivity index (χ2v) is 4.60. The van der Waals surface area contributed by atoms with Crippen molar-refractivity contribution in [1.29, 1.82) is 0 Å². The van der Waals surface area contributed by atoms with E-state index in [4.69, 9.17) is 5.11 Å². The third-order valence-corrected chi connectivity index (χ3v) is 2.66. The van der Waals surface area contributed by atoms with Gasteiger partial charge in [-0.05, 0) is 18.2 Å². The monoisotopic (exact) mass is 261 g/mol. The lowest BCUT2D eigenvalue weighted by Crippen LogP contribution is -2.20. The van der Waals surface area contributed by atoms with Gasteiger partial charge >= 0.3 is 5.76 Å². The molecule has 1 rings (SSSR count). The standard InChI is InChI=1S/C10H9F2NO3S/c11-10(12)17(15,16)13-9-5-1-3-8(7-9)4-2-6-14/h1,3,5,7,10,13-14H,6H2. The van der Waals surface area contributed by atoms with E-state index in [1.807, 2.05) is 0 Å². The van der Waals surface area contributed by atoms with Crippen molar-refractivity contribution in [2.45, 2.75) is 5.76 Å². The zero-order chi connectivity index (χ0) is 12.9. The first-order valence-corrected chi connectivity index (χ1v) is 6.00. The normalized spacial score (nSPS) is 10.8. The molecule has 0 fully saturated rings. The number of anilines is 1. The first-order chi connectivity index (χ1) is 7.95. The first-order valence-electron chi connectivity index (χ1n) is 4.45. The van der Waals surface area contributed by atoms with Crippen molar-refractivity contribution in [1.82, 2.24) is 0 Å². The molecule has 0 aliphatic rings. The lowest BCUT2D eigenvalue weighted by molar-refractivity contribution is 0.236. The predicted octanol–water partition coefficient (Wildman–Crippen LogP) is 0.995. The zero-order valence-electron chi connectivity index (χ0n) is 8.52. The summed E-state index contributed by atoms with van der Waals surface area (Å²) in [6, 6.07) is 5.64. The van der Waals surface area contributed by atoms with E-state index in [2.05, 4.69) is 11.8 Å². The lowest BCUT2D eigenvalue weighted by Gasteiger charge is -2.06. The Morgan fingerprint density at radius 1 is 1.41 bits per heavy atom. The summed E-state index contributed by atoms with van der Waals surface area (Å²) in [7, 11) is -4.67. The smallest absolute Gasteiger partial charge is 0.355 e. The van der Waals surface area contributed by atoms with Gasteiger partial charge in [-0.1, -0.05) is 17.9 Å². The topological polar surface area (TPSA) is 66.4 Å². The molecule has 92 valence electrons. The van der Waals surface area contributed by atoms with Gasteiger partial charge in [-0.15, -0.1) is 0 Å². The molecule has 0 aromatic heterocycles. The molecule has 0 heterocycles. The van der Waals surface area contributed by atoms with E-state index in [1.165, 1.54) is 18.2 Å². The van der Waals surface area contributed by atoms with E-state index in [0.29, 0.717) is 5.56 Å². The number of alkyl halides is 2. The van der Waals surface area contributed by atoms with Crippen LogP contribution in [0.2, 0.25) is 0 Å². The summed E-state index contributed by atoms with van der Waals surface area (Å²) < 4.78 is 47.7. The van der Waals surface area contributed by atoms with Crippen LogP contribution in [0.5, 0.6) is 0 Å². The van der Waals surface area contributed by atoms with Crippen molar-refractivity contribution in [2.75, 3.05) is 11.3 Å². The highest BCUT2D eigenvalue weighted by atomic mass is 32.2. The van der Waals surface area contributed by atoms with Gasteiger partial charge < -0.3 is 5.11 Å². The average molecular weight is 261 g/mol. The number of aliphatic hydroxyl groups is 1. The van der Waals surface area contributed by atoms with Crippen LogP contribution in [0.15, 0.2) is 24.3 Å². The number of sulfonamides is 1. The Hall–Kier alpha value is -1.65. The maximum Gasteiger partial charge on any atom is 0.355 e. The van der Waals surface area contributed by atoms with Gasteiger partial charge in [0.15, 0.2) is 0 Å². The third kappa shape index (κ3) is 4.01. The lowest BCUT2D eigenvalue weighted by atomic mass is 10.2. The summed E-state index contributed by atoms with van der Waals surface area (Å²) in [6.07, 6.45) is 0. The molecule has 0 aliphatic heterocycles. The Morgan fingerprint density at radius 3 is 2.71 bits per heavy atom. The fourth-order valence-corrected chi connectivity index (χ4v) is 1.56. The van der Waals surface area contributed by atoms with Gasteiger partial charge in [0.1, 0.15) is 6.61 Å². The van der Waals surface area contributed by atoms with Gasteiger partial charge in [-0.25, -0.2) is 8.42 Å². The molecule has 0 saturated heterocycles. The molecule has 0 unspecified atom stereocenters. The molecule has 0 amide bonds. The molecule has 0 atom stereocenters. The fourth-order valence-electron chi connectivity index (χ4n) is 1.01. The van der Waals surface area contributed by atoms with Crippen LogP contribution in [0, 0.1) is 11.8 Å². The highest BCUT2D eigenvalue weighted by Gasteiger charge is 2.23. The van der Waals surface area contributed by atoms with Crippen molar-refractivity contribution < 1.29 is 22.3 Å². The van der Waals surface area contributed by atoms with Crippen LogP contribution in [-0.2, 0) is 10.0 Å². The number of hydrogen-bond donors (Lipinski definition) is 2. The molecular weight excluding hydrogens is 252 g/mol. The number of halogens is 2. The minimum atomic E-state index is -4.67. The van der Waals surface area contributed by atoms with Crippen molar-refractivity contribution in [3.63, 3.8) is 0 Å². The molecule has 17 heavy (non-hydrogen) atoms. The van der Waals surface area contributed by atoms with Crippen LogP contribution < -0.4 is 4.72 Å². The summed E-state index contributed by atoms with van der Waals surface area (Å²) >= 11 is 0. The number of benzene rings is 1. The largest absolute Gasteiger partial charge is 0.384 e. The molecule has 2 N–H and O–H groups in total. The first kappa shape index (κ1) is 13.4. The van der Waals surface area contributed by atoms with Crippen LogP contribution in [0.4, 0.5) is 14.5 Å². The van der Waals surface area contributed by atoms with Crippen LogP contribution in [0.25, 0.3) is 0 Å². The van der Waals surface area contributed by atoms with Gasteiger partial charge in [0.2, 0.25) is 0 Å². The minimum absolute atomic E-state index is 0.00459. The number of nitrogens with one attached hydrogen (secondary N) is 1. The highest BCUT2D eigenvalue weighted by molar-refractivity contribution is 7.93. The Bertz CT molecular complexity index is 546. The molecule has 0 aliphatic carbocycles. The maximum absolute atomic E-state index is 12.1. The number of rotatable bonds is 3.